The van der Waals surface area contributed by atoms with E-state index in [1.54, 1.807) is 11.8 Å². The molecule has 0 radical (unpaired) electrons. The van der Waals surface area contributed by atoms with Gasteiger partial charge in [0.1, 0.15) is 12.4 Å². The van der Waals surface area contributed by atoms with Gasteiger partial charge in [0.2, 0.25) is 11.7 Å². The highest BCUT2D eigenvalue weighted by atomic mass is 32.2. The lowest BCUT2D eigenvalue weighted by atomic mass is 10.0. The number of hydrogen-bond acceptors (Lipinski definition) is 6. The molecule has 2 aromatic carbocycles. The summed E-state index contributed by atoms with van der Waals surface area (Å²) in [4.78, 5) is 4.56. The number of unbranched alkanes of at least 4 members (excludes halogenated alkanes) is 1. The Bertz CT molecular complexity index is 894. The standard InChI is InChI=1S/C22H28N2O3S/c1-4-5-12-28-14-17(25)13-26-19-11-10-16-8-6-7-9-18(16)20(19)21-23-22(15(2)3)27-24-21/h6-11,15,17,25H,4-5,12-14H2,1-3H3. The smallest absolute Gasteiger partial charge is 0.229 e. The van der Waals surface area contributed by atoms with E-state index in [1.165, 1.54) is 12.8 Å². The molecule has 1 aromatic heterocycles. The Hall–Kier alpha value is -2.05. The van der Waals surface area contributed by atoms with E-state index in [0.29, 0.717) is 23.2 Å². The summed E-state index contributed by atoms with van der Waals surface area (Å²) in [5.74, 6) is 3.66. The second-order valence-corrected chi connectivity index (χ2v) is 8.31. The first-order chi connectivity index (χ1) is 13.6. The molecule has 3 aromatic rings. The lowest BCUT2D eigenvalue weighted by Crippen LogP contribution is -2.20. The van der Waals surface area contributed by atoms with Crippen LogP contribution in [0.25, 0.3) is 22.2 Å². The molecule has 0 fully saturated rings. The molecule has 0 saturated heterocycles. The van der Waals surface area contributed by atoms with E-state index in [1.807, 2.05) is 50.2 Å². The molecule has 1 atom stereocenters. The van der Waals surface area contributed by atoms with Crippen LogP contribution in [-0.4, -0.2) is 39.5 Å². The first kappa shape index (κ1) is 20.7. The number of ether oxygens (including phenoxy) is 1. The minimum absolute atomic E-state index is 0.155. The molecule has 1 heterocycles. The summed E-state index contributed by atoms with van der Waals surface area (Å²) in [6.45, 7) is 6.44. The molecule has 0 saturated carbocycles. The van der Waals surface area contributed by atoms with Gasteiger partial charge >= 0.3 is 0 Å². The molecule has 0 aliphatic carbocycles. The Labute approximate surface area is 170 Å². The highest BCUT2D eigenvalue weighted by molar-refractivity contribution is 7.99. The summed E-state index contributed by atoms with van der Waals surface area (Å²) in [6.07, 6.45) is 1.82. The van der Waals surface area contributed by atoms with E-state index in [2.05, 4.69) is 17.1 Å². The average Bonchev–Trinajstić information content (AvgIpc) is 3.19. The molecule has 0 aliphatic heterocycles. The lowest BCUT2D eigenvalue weighted by Gasteiger charge is -2.15. The Morgan fingerprint density at radius 2 is 2.00 bits per heavy atom. The molecule has 0 spiro atoms. The fraction of sp³-hybridized carbons (Fsp3) is 0.455. The predicted octanol–water partition coefficient (Wildman–Crippen LogP) is 5.29. The Kier molecular flexibility index (Phi) is 7.34. The first-order valence-corrected chi connectivity index (χ1v) is 11.0. The van der Waals surface area contributed by atoms with Crippen LogP contribution in [0.3, 0.4) is 0 Å². The Morgan fingerprint density at radius 3 is 2.75 bits per heavy atom. The van der Waals surface area contributed by atoms with Crippen LogP contribution in [-0.2, 0) is 0 Å². The van der Waals surface area contributed by atoms with E-state index in [9.17, 15) is 5.11 Å². The minimum Gasteiger partial charge on any atom is -0.490 e. The number of nitrogens with zero attached hydrogens (tertiary/aromatic N) is 2. The summed E-state index contributed by atoms with van der Waals surface area (Å²) < 4.78 is 11.4. The number of aromatic nitrogens is 2. The number of rotatable bonds is 10. The minimum atomic E-state index is -0.516. The van der Waals surface area contributed by atoms with Crippen LogP contribution in [0.15, 0.2) is 40.9 Å². The molecule has 3 rings (SSSR count). The number of thioether (sulfide) groups is 1. The maximum Gasteiger partial charge on any atom is 0.229 e. The molecule has 5 nitrogen and oxygen atoms in total. The van der Waals surface area contributed by atoms with Crippen molar-refractivity contribution in [3.63, 3.8) is 0 Å². The second kappa shape index (κ2) is 9.94. The van der Waals surface area contributed by atoms with Gasteiger partial charge in [-0.25, -0.2) is 0 Å². The quantitative estimate of drug-likeness (QED) is 0.467. The maximum atomic E-state index is 10.3. The lowest BCUT2D eigenvalue weighted by molar-refractivity contribution is 0.127. The van der Waals surface area contributed by atoms with E-state index < -0.39 is 6.10 Å². The molecule has 1 unspecified atom stereocenters. The number of hydrogen-bond donors (Lipinski definition) is 1. The van der Waals surface area contributed by atoms with Crippen molar-refractivity contribution in [3.8, 4) is 17.1 Å². The van der Waals surface area contributed by atoms with E-state index >= 15 is 0 Å². The van der Waals surface area contributed by atoms with Gasteiger partial charge in [-0.05, 0) is 29.0 Å². The van der Waals surface area contributed by atoms with Crippen molar-refractivity contribution < 1.29 is 14.4 Å². The van der Waals surface area contributed by atoms with Gasteiger partial charge in [0, 0.05) is 11.7 Å². The number of aliphatic hydroxyl groups excluding tert-OH is 1. The largest absolute Gasteiger partial charge is 0.490 e. The van der Waals surface area contributed by atoms with Gasteiger partial charge in [0.25, 0.3) is 0 Å². The Morgan fingerprint density at radius 1 is 1.18 bits per heavy atom. The SMILES string of the molecule is CCCCSCC(O)COc1ccc2ccccc2c1-c1noc(C(C)C)n1. The summed E-state index contributed by atoms with van der Waals surface area (Å²) >= 11 is 1.76. The van der Waals surface area contributed by atoms with Crippen LogP contribution in [0.5, 0.6) is 5.75 Å². The van der Waals surface area contributed by atoms with Crippen molar-refractivity contribution in [2.75, 3.05) is 18.1 Å². The third-order valence-corrected chi connectivity index (χ3v) is 5.63. The molecule has 0 bridgehead atoms. The van der Waals surface area contributed by atoms with Gasteiger partial charge in [-0.1, -0.05) is 62.7 Å². The zero-order valence-electron chi connectivity index (χ0n) is 16.7. The first-order valence-electron chi connectivity index (χ1n) is 9.84. The average molecular weight is 401 g/mol. The third-order valence-electron chi connectivity index (χ3n) is 4.43. The molecule has 0 amide bonds. The van der Waals surface area contributed by atoms with Gasteiger partial charge < -0.3 is 14.4 Å². The molecular weight excluding hydrogens is 372 g/mol. The number of aliphatic hydroxyl groups is 1. The Balaban J connectivity index is 1.83. The van der Waals surface area contributed by atoms with E-state index in [4.69, 9.17) is 9.26 Å². The van der Waals surface area contributed by atoms with E-state index in [0.717, 1.165) is 22.1 Å². The number of fused-ring (bicyclic) bond motifs is 1. The molecule has 150 valence electrons. The topological polar surface area (TPSA) is 68.4 Å². The van der Waals surface area contributed by atoms with Crippen LogP contribution in [0, 0.1) is 0 Å². The highest BCUT2D eigenvalue weighted by Crippen LogP contribution is 2.36. The maximum absolute atomic E-state index is 10.3. The van der Waals surface area contributed by atoms with Crippen molar-refractivity contribution in [2.45, 2.75) is 45.6 Å². The van der Waals surface area contributed by atoms with Gasteiger partial charge in [-0.2, -0.15) is 16.7 Å². The fourth-order valence-electron chi connectivity index (χ4n) is 2.87. The van der Waals surface area contributed by atoms with Crippen LogP contribution in [0.1, 0.15) is 45.4 Å². The third kappa shape index (κ3) is 5.06. The van der Waals surface area contributed by atoms with E-state index in [-0.39, 0.29) is 12.5 Å². The zero-order valence-corrected chi connectivity index (χ0v) is 17.5. The summed E-state index contributed by atoms with van der Waals surface area (Å²) in [7, 11) is 0. The van der Waals surface area contributed by atoms with Crippen LogP contribution in [0.4, 0.5) is 0 Å². The van der Waals surface area contributed by atoms with Crippen molar-refractivity contribution >= 4 is 22.5 Å². The van der Waals surface area contributed by atoms with Crippen LogP contribution >= 0.6 is 11.8 Å². The zero-order chi connectivity index (χ0) is 19.9. The normalized spacial score (nSPS) is 12.6. The second-order valence-electron chi connectivity index (χ2n) is 7.16. The van der Waals surface area contributed by atoms with Gasteiger partial charge in [-0.15, -0.1) is 0 Å². The molecule has 6 heteroatoms. The van der Waals surface area contributed by atoms with Gasteiger partial charge in [0.05, 0.1) is 11.7 Å². The van der Waals surface area contributed by atoms with Gasteiger partial charge in [0.15, 0.2) is 0 Å². The molecular formula is C22H28N2O3S. The number of benzene rings is 2. The van der Waals surface area contributed by atoms with Crippen molar-refractivity contribution in [3.05, 3.63) is 42.3 Å². The highest BCUT2D eigenvalue weighted by Gasteiger charge is 2.19. The van der Waals surface area contributed by atoms with Crippen LogP contribution in [0.2, 0.25) is 0 Å². The summed E-state index contributed by atoms with van der Waals surface area (Å²) in [5, 5.41) is 16.5. The van der Waals surface area contributed by atoms with Gasteiger partial charge in [-0.3, -0.25) is 0 Å². The molecule has 1 N–H and O–H groups in total. The molecule has 28 heavy (non-hydrogen) atoms. The van der Waals surface area contributed by atoms with Crippen LogP contribution < -0.4 is 4.74 Å². The summed E-state index contributed by atoms with van der Waals surface area (Å²) in [6, 6.07) is 12.0. The molecule has 0 aliphatic rings. The predicted molar refractivity (Wildman–Crippen MR) is 115 cm³/mol. The van der Waals surface area contributed by atoms with Crippen molar-refractivity contribution in [2.24, 2.45) is 0 Å². The fourth-order valence-corrected chi connectivity index (χ4v) is 3.90. The summed E-state index contributed by atoms with van der Waals surface area (Å²) in [5.41, 5.74) is 0.805. The van der Waals surface area contributed by atoms with Crippen molar-refractivity contribution in [1.29, 1.82) is 0 Å². The van der Waals surface area contributed by atoms with Crippen molar-refractivity contribution in [1.82, 2.24) is 10.1 Å². The monoisotopic (exact) mass is 400 g/mol.